The van der Waals surface area contributed by atoms with Gasteiger partial charge in [-0.05, 0) is 37.2 Å². The maximum absolute atomic E-state index is 12.1. The second-order valence-electron chi connectivity index (χ2n) is 6.05. The number of hydrogen-bond acceptors (Lipinski definition) is 2. The first-order valence-electron chi connectivity index (χ1n) is 7.24. The summed E-state index contributed by atoms with van der Waals surface area (Å²) in [5, 5.41) is 3.33. The molecule has 1 saturated carbocycles. The van der Waals surface area contributed by atoms with Gasteiger partial charge in [0.1, 0.15) is 6.17 Å². The van der Waals surface area contributed by atoms with E-state index < -0.39 is 0 Å². The average molecular weight is 258 g/mol. The number of carbonyl (C=O) groups excluding carboxylic acids is 1. The zero-order valence-electron chi connectivity index (χ0n) is 11.7. The van der Waals surface area contributed by atoms with E-state index in [9.17, 15) is 4.79 Å². The van der Waals surface area contributed by atoms with E-state index >= 15 is 0 Å². The van der Waals surface area contributed by atoms with E-state index in [0.29, 0.717) is 12.5 Å². The summed E-state index contributed by atoms with van der Waals surface area (Å²) in [5.41, 5.74) is 2.45. The molecule has 1 saturated heterocycles. The van der Waals surface area contributed by atoms with Gasteiger partial charge in [0.2, 0.25) is 5.91 Å². The molecule has 2 aliphatic rings. The van der Waals surface area contributed by atoms with Crippen molar-refractivity contribution in [3.63, 3.8) is 0 Å². The molecule has 1 amide bonds. The van der Waals surface area contributed by atoms with Gasteiger partial charge in [-0.3, -0.25) is 10.1 Å². The van der Waals surface area contributed by atoms with Crippen LogP contribution in [0.25, 0.3) is 0 Å². The third-order valence-corrected chi connectivity index (χ3v) is 4.38. The molecule has 19 heavy (non-hydrogen) atoms. The minimum Gasteiger partial charge on any atom is -0.322 e. The fourth-order valence-corrected chi connectivity index (χ4v) is 2.92. The van der Waals surface area contributed by atoms with Crippen LogP contribution < -0.4 is 5.32 Å². The van der Waals surface area contributed by atoms with Gasteiger partial charge in [-0.2, -0.15) is 0 Å². The fourth-order valence-electron chi connectivity index (χ4n) is 2.92. The summed E-state index contributed by atoms with van der Waals surface area (Å²) in [5.74, 6) is 1.70. The Kier molecular flexibility index (Phi) is 3.31. The molecule has 0 aromatic heterocycles. The summed E-state index contributed by atoms with van der Waals surface area (Å²) in [4.78, 5) is 14.1. The number of amides is 1. The van der Waals surface area contributed by atoms with Crippen LogP contribution >= 0.6 is 0 Å². The number of carbonyl (C=O) groups is 1. The predicted octanol–water partition coefficient (Wildman–Crippen LogP) is 2.47. The molecule has 1 aliphatic heterocycles. The van der Waals surface area contributed by atoms with Crippen LogP contribution in [0.2, 0.25) is 0 Å². The van der Waals surface area contributed by atoms with E-state index in [1.807, 2.05) is 4.90 Å². The molecule has 1 aliphatic carbocycles. The Morgan fingerprint density at radius 2 is 2.00 bits per heavy atom. The molecule has 3 nitrogen and oxygen atoms in total. The molecule has 1 aromatic carbocycles. The van der Waals surface area contributed by atoms with Gasteiger partial charge < -0.3 is 4.90 Å². The second-order valence-corrected chi connectivity index (χ2v) is 6.05. The normalized spacial score (nSPS) is 24.8. The first-order valence-corrected chi connectivity index (χ1v) is 7.24. The third-order valence-electron chi connectivity index (χ3n) is 4.38. The molecular formula is C16H22N2O. The van der Waals surface area contributed by atoms with E-state index in [-0.39, 0.29) is 12.1 Å². The Bertz CT molecular complexity index is 464. The van der Waals surface area contributed by atoms with Gasteiger partial charge in [-0.1, -0.05) is 36.8 Å². The zero-order chi connectivity index (χ0) is 13.4. The van der Waals surface area contributed by atoms with Crippen molar-refractivity contribution in [3.8, 4) is 0 Å². The van der Waals surface area contributed by atoms with Crippen molar-refractivity contribution in [1.82, 2.24) is 10.2 Å². The largest absolute Gasteiger partial charge is 0.322 e. The van der Waals surface area contributed by atoms with E-state index in [2.05, 4.69) is 43.4 Å². The molecule has 2 atom stereocenters. The number of hydrogen-bond donors (Lipinski definition) is 1. The lowest BCUT2D eigenvalue weighted by Crippen LogP contribution is -2.34. The number of rotatable bonds is 4. The van der Waals surface area contributed by atoms with Crippen LogP contribution in [0, 0.1) is 18.8 Å². The van der Waals surface area contributed by atoms with Crippen molar-refractivity contribution >= 4 is 5.91 Å². The molecule has 0 spiro atoms. The number of nitrogens with one attached hydrogen (secondary N) is 1. The molecule has 3 heteroatoms. The molecule has 2 fully saturated rings. The summed E-state index contributed by atoms with van der Waals surface area (Å²) in [6.45, 7) is 5.71. The molecule has 2 unspecified atom stereocenters. The van der Waals surface area contributed by atoms with Crippen molar-refractivity contribution < 1.29 is 4.79 Å². The molecule has 102 valence electrons. The lowest BCUT2D eigenvalue weighted by Gasteiger charge is -2.27. The van der Waals surface area contributed by atoms with Gasteiger partial charge in [-0.25, -0.2) is 0 Å². The lowest BCUT2D eigenvalue weighted by molar-refractivity contribution is -0.128. The molecule has 3 rings (SSSR count). The van der Waals surface area contributed by atoms with Crippen molar-refractivity contribution in [2.24, 2.45) is 11.8 Å². The van der Waals surface area contributed by atoms with Crippen LogP contribution in [0.3, 0.4) is 0 Å². The van der Waals surface area contributed by atoms with Crippen molar-refractivity contribution in [2.45, 2.75) is 32.9 Å². The van der Waals surface area contributed by atoms with Gasteiger partial charge in [0, 0.05) is 6.54 Å². The van der Waals surface area contributed by atoms with Crippen molar-refractivity contribution in [1.29, 1.82) is 0 Å². The summed E-state index contributed by atoms with van der Waals surface area (Å²) >= 11 is 0. The van der Waals surface area contributed by atoms with Gasteiger partial charge >= 0.3 is 0 Å². The molecule has 1 aromatic rings. The van der Waals surface area contributed by atoms with Crippen molar-refractivity contribution in [2.75, 3.05) is 13.1 Å². The Balaban J connectivity index is 1.75. The first-order chi connectivity index (χ1) is 9.15. The van der Waals surface area contributed by atoms with E-state index in [1.165, 1.54) is 24.0 Å². The Hall–Kier alpha value is -1.35. The van der Waals surface area contributed by atoms with Crippen LogP contribution in [0.5, 0.6) is 0 Å². The zero-order valence-corrected chi connectivity index (χ0v) is 11.7. The molecule has 1 heterocycles. The van der Waals surface area contributed by atoms with Gasteiger partial charge in [0.15, 0.2) is 0 Å². The summed E-state index contributed by atoms with van der Waals surface area (Å²) in [6, 6.07) is 8.48. The van der Waals surface area contributed by atoms with Gasteiger partial charge in [0.25, 0.3) is 0 Å². The minimum absolute atomic E-state index is 0.0642. The summed E-state index contributed by atoms with van der Waals surface area (Å²) in [6.07, 6.45) is 2.74. The molecule has 1 N–H and O–H groups in total. The van der Waals surface area contributed by atoms with Gasteiger partial charge in [0.05, 0.1) is 6.54 Å². The van der Waals surface area contributed by atoms with E-state index in [1.54, 1.807) is 0 Å². The van der Waals surface area contributed by atoms with Crippen LogP contribution in [-0.4, -0.2) is 23.9 Å². The third kappa shape index (κ3) is 2.66. The highest BCUT2D eigenvalue weighted by molar-refractivity contribution is 5.81. The summed E-state index contributed by atoms with van der Waals surface area (Å²) < 4.78 is 0. The highest BCUT2D eigenvalue weighted by atomic mass is 16.2. The Morgan fingerprint density at radius 1 is 1.32 bits per heavy atom. The number of aryl methyl sites for hydroxylation is 1. The number of nitrogens with zero attached hydrogens (tertiary/aromatic N) is 1. The van der Waals surface area contributed by atoms with Crippen LogP contribution in [0.1, 0.15) is 37.1 Å². The first kappa shape index (κ1) is 12.7. The average Bonchev–Trinajstić information content (AvgIpc) is 3.18. The predicted molar refractivity (Wildman–Crippen MR) is 75.5 cm³/mol. The smallest absolute Gasteiger partial charge is 0.238 e. The van der Waals surface area contributed by atoms with Crippen LogP contribution in [-0.2, 0) is 4.79 Å². The molecule has 0 bridgehead atoms. The molecule has 0 radical (unpaired) electrons. The second kappa shape index (κ2) is 4.97. The van der Waals surface area contributed by atoms with Crippen molar-refractivity contribution in [3.05, 3.63) is 35.4 Å². The SMILES string of the molecule is Cc1ccc(C2NCC(=O)N2CC(C)C2CC2)cc1. The topological polar surface area (TPSA) is 32.3 Å². The monoisotopic (exact) mass is 258 g/mol. The maximum atomic E-state index is 12.1. The standard InChI is InChI=1S/C16H22N2O/c1-11-3-5-14(6-4-11)16-17-9-15(19)18(16)10-12(2)13-7-8-13/h3-6,12-13,16-17H,7-10H2,1-2H3. The number of benzene rings is 1. The Morgan fingerprint density at radius 3 is 2.63 bits per heavy atom. The van der Waals surface area contributed by atoms with E-state index in [4.69, 9.17) is 0 Å². The highest BCUT2D eigenvalue weighted by Crippen LogP contribution is 2.38. The van der Waals surface area contributed by atoms with Crippen LogP contribution in [0.15, 0.2) is 24.3 Å². The maximum Gasteiger partial charge on any atom is 0.238 e. The quantitative estimate of drug-likeness (QED) is 0.900. The fraction of sp³-hybridized carbons (Fsp3) is 0.562. The highest BCUT2D eigenvalue weighted by Gasteiger charge is 2.36. The summed E-state index contributed by atoms with van der Waals surface area (Å²) in [7, 11) is 0. The van der Waals surface area contributed by atoms with Gasteiger partial charge in [-0.15, -0.1) is 0 Å². The van der Waals surface area contributed by atoms with Crippen LogP contribution in [0.4, 0.5) is 0 Å². The minimum atomic E-state index is 0.0642. The Labute approximate surface area is 115 Å². The van der Waals surface area contributed by atoms with E-state index in [0.717, 1.165) is 12.5 Å². The molecular weight excluding hydrogens is 236 g/mol. The lowest BCUT2D eigenvalue weighted by atomic mass is 10.0.